The average molecular weight is 254 g/mol. The predicted octanol–water partition coefficient (Wildman–Crippen LogP) is -1.18. The summed E-state index contributed by atoms with van der Waals surface area (Å²) in [6.45, 7) is 4.62. The van der Waals surface area contributed by atoms with Crippen molar-refractivity contribution in [2.24, 2.45) is 0 Å². The maximum atomic E-state index is 10.6. The van der Waals surface area contributed by atoms with Gasteiger partial charge in [-0.3, -0.25) is 0 Å². The molecule has 98 valence electrons. The molecular formula is C9H22N2O4S. The van der Waals surface area contributed by atoms with E-state index < -0.39 is 16.5 Å². The van der Waals surface area contributed by atoms with Gasteiger partial charge in [0, 0.05) is 33.8 Å². The van der Waals surface area contributed by atoms with Crippen LogP contribution in [0.15, 0.2) is 0 Å². The van der Waals surface area contributed by atoms with Crippen LogP contribution in [-0.4, -0.2) is 63.3 Å². The minimum Gasteiger partial charge on any atom is -0.389 e. The molecule has 0 aromatic heterocycles. The third-order valence-corrected chi connectivity index (χ3v) is 2.73. The van der Waals surface area contributed by atoms with Crippen LogP contribution in [-0.2, 0) is 15.6 Å². The van der Waals surface area contributed by atoms with Gasteiger partial charge in [-0.05, 0) is 13.8 Å². The molecule has 0 unspecified atom stereocenters. The first-order chi connectivity index (χ1) is 7.26. The van der Waals surface area contributed by atoms with Crippen molar-refractivity contribution in [1.82, 2.24) is 9.62 Å². The molecule has 16 heavy (non-hydrogen) atoms. The molecule has 7 heteroatoms. The van der Waals surface area contributed by atoms with Crippen molar-refractivity contribution in [3.05, 3.63) is 0 Å². The predicted molar refractivity (Wildman–Crippen MR) is 62.9 cm³/mol. The van der Waals surface area contributed by atoms with Gasteiger partial charge in [0.25, 0.3) is 0 Å². The van der Waals surface area contributed by atoms with Gasteiger partial charge in [-0.1, -0.05) is 0 Å². The number of aliphatic hydroxyl groups is 1. The highest BCUT2D eigenvalue weighted by Crippen LogP contribution is 1.98. The van der Waals surface area contributed by atoms with Crippen LogP contribution >= 0.6 is 0 Å². The molecule has 0 fully saturated rings. The number of nitrogens with one attached hydrogen (secondary N) is 1. The smallest absolute Gasteiger partial charge is 0.203 e. The molecule has 6 nitrogen and oxygen atoms in total. The third-order valence-electron chi connectivity index (χ3n) is 2.01. The van der Waals surface area contributed by atoms with E-state index in [2.05, 4.69) is 5.32 Å². The van der Waals surface area contributed by atoms with Crippen molar-refractivity contribution in [2.75, 3.05) is 33.8 Å². The van der Waals surface area contributed by atoms with Gasteiger partial charge >= 0.3 is 0 Å². The van der Waals surface area contributed by atoms with Gasteiger partial charge in [0.2, 0.25) is 10.9 Å². The Kier molecular flexibility index (Phi) is 7.09. The fraction of sp³-hybridized carbons (Fsp3) is 1.00. The van der Waals surface area contributed by atoms with Crippen molar-refractivity contribution in [3.8, 4) is 0 Å². The second kappa shape index (κ2) is 7.18. The molecule has 0 heterocycles. The highest BCUT2D eigenvalue weighted by atomic mass is 32.2. The first-order valence-corrected chi connectivity index (χ1v) is 6.20. The number of thiol groups is 1. The summed E-state index contributed by atoms with van der Waals surface area (Å²) in [6.07, 6.45) is -0.222. The third kappa shape index (κ3) is 8.00. The number of methoxy groups -OCH3 is 1. The largest absolute Gasteiger partial charge is 0.389 e. The first-order valence-electron chi connectivity index (χ1n) is 5.07. The summed E-state index contributed by atoms with van der Waals surface area (Å²) in [5, 5.41) is 12.5. The summed E-state index contributed by atoms with van der Waals surface area (Å²) < 4.78 is 27.6. The molecule has 0 spiro atoms. The van der Waals surface area contributed by atoms with Crippen molar-refractivity contribution < 1.29 is 18.3 Å². The molecule has 0 rings (SSSR count). The molecule has 0 aliphatic carbocycles. The number of likely N-dealkylation sites (N-methyl/N-ethyl adjacent to an activating group) is 1. The van der Waals surface area contributed by atoms with E-state index in [-0.39, 0.29) is 6.10 Å². The number of rotatable bonds is 8. The Morgan fingerprint density at radius 2 is 2.06 bits per heavy atom. The SMILES string of the molecule is CO[C@@H](CNCC(C)(C)O)CN(C)[SH](=O)=O. The summed E-state index contributed by atoms with van der Waals surface area (Å²) >= 11 is 0. The molecule has 0 saturated carbocycles. The Balaban J connectivity index is 3.93. The van der Waals surface area contributed by atoms with E-state index in [4.69, 9.17) is 4.74 Å². The number of nitrogens with zero attached hydrogens (tertiary/aromatic N) is 1. The fourth-order valence-corrected chi connectivity index (χ4v) is 1.44. The molecule has 2 N–H and O–H groups in total. The van der Waals surface area contributed by atoms with E-state index in [9.17, 15) is 13.5 Å². The molecule has 1 atom stereocenters. The van der Waals surface area contributed by atoms with Gasteiger partial charge in [-0.2, -0.15) is 0 Å². The molecule has 0 saturated heterocycles. The van der Waals surface area contributed by atoms with Crippen LogP contribution < -0.4 is 5.32 Å². The molecule has 0 aromatic carbocycles. The summed E-state index contributed by atoms with van der Waals surface area (Å²) in [5.74, 6) is 0. The molecule has 0 bridgehead atoms. The van der Waals surface area contributed by atoms with Crippen LogP contribution in [0.2, 0.25) is 0 Å². The van der Waals surface area contributed by atoms with Gasteiger partial charge in [0.05, 0.1) is 11.7 Å². The Bertz CT molecular complexity index is 255. The minimum absolute atomic E-state index is 0.222. The van der Waals surface area contributed by atoms with E-state index >= 15 is 0 Å². The Labute approximate surface area is 98.7 Å². The fourth-order valence-electron chi connectivity index (χ4n) is 1.12. The van der Waals surface area contributed by atoms with Gasteiger partial charge in [0.1, 0.15) is 0 Å². The van der Waals surface area contributed by atoms with E-state index in [0.29, 0.717) is 19.6 Å². The summed E-state index contributed by atoms with van der Waals surface area (Å²) in [5.41, 5.74) is -0.784. The van der Waals surface area contributed by atoms with E-state index in [0.717, 1.165) is 0 Å². The molecule has 0 aliphatic rings. The van der Waals surface area contributed by atoms with Gasteiger partial charge in [-0.25, -0.2) is 12.7 Å². The standard InChI is InChI=1S/C9H22N2O4S/c1-9(2,12)7-10-5-8(15-4)6-11(3)16(13)14/h8,10,12,16H,5-7H2,1-4H3/t8-/m0/s1. The molecule has 0 amide bonds. The van der Waals surface area contributed by atoms with E-state index in [1.807, 2.05) is 0 Å². The Morgan fingerprint density at radius 3 is 2.44 bits per heavy atom. The van der Waals surface area contributed by atoms with E-state index in [1.165, 1.54) is 18.5 Å². The molecule has 0 aliphatic heterocycles. The van der Waals surface area contributed by atoms with Crippen molar-refractivity contribution >= 4 is 10.9 Å². The number of hydrogen-bond acceptors (Lipinski definition) is 5. The summed E-state index contributed by atoms with van der Waals surface area (Å²) in [7, 11) is 0.462. The summed E-state index contributed by atoms with van der Waals surface area (Å²) in [6, 6.07) is 0. The van der Waals surface area contributed by atoms with Crippen LogP contribution in [0, 0.1) is 0 Å². The second-order valence-corrected chi connectivity index (χ2v) is 5.54. The topological polar surface area (TPSA) is 78.9 Å². The van der Waals surface area contributed by atoms with Crippen molar-refractivity contribution in [2.45, 2.75) is 25.6 Å². The average Bonchev–Trinajstić information content (AvgIpc) is 2.13. The zero-order chi connectivity index (χ0) is 12.8. The van der Waals surface area contributed by atoms with Crippen LogP contribution in [0.4, 0.5) is 0 Å². The zero-order valence-corrected chi connectivity index (χ0v) is 11.2. The highest BCUT2D eigenvalue weighted by Gasteiger charge is 2.15. The lowest BCUT2D eigenvalue weighted by Gasteiger charge is -2.22. The number of ether oxygens (including phenoxy) is 1. The maximum absolute atomic E-state index is 10.6. The maximum Gasteiger partial charge on any atom is 0.203 e. The van der Waals surface area contributed by atoms with Crippen LogP contribution in [0.1, 0.15) is 13.8 Å². The van der Waals surface area contributed by atoms with Gasteiger partial charge in [-0.15, -0.1) is 0 Å². The Hall–Kier alpha value is -0.210. The summed E-state index contributed by atoms with van der Waals surface area (Å²) in [4.78, 5) is 0. The Morgan fingerprint density at radius 1 is 1.50 bits per heavy atom. The molecular weight excluding hydrogens is 232 g/mol. The first kappa shape index (κ1) is 15.8. The second-order valence-electron chi connectivity index (χ2n) is 4.38. The van der Waals surface area contributed by atoms with Crippen LogP contribution in [0.25, 0.3) is 0 Å². The van der Waals surface area contributed by atoms with Crippen LogP contribution in [0.5, 0.6) is 0 Å². The van der Waals surface area contributed by atoms with E-state index in [1.54, 1.807) is 13.8 Å². The minimum atomic E-state index is -2.56. The lowest BCUT2D eigenvalue weighted by atomic mass is 10.1. The molecule has 0 aromatic rings. The van der Waals surface area contributed by atoms with Crippen molar-refractivity contribution in [3.63, 3.8) is 0 Å². The van der Waals surface area contributed by atoms with Gasteiger partial charge in [0.15, 0.2) is 0 Å². The molecule has 0 radical (unpaired) electrons. The quantitative estimate of drug-likeness (QED) is 0.475. The highest BCUT2D eigenvalue weighted by molar-refractivity contribution is 7.69. The normalized spacial score (nSPS) is 14.7. The van der Waals surface area contributed by atoms with Gasteiger partial charge < -0.3 is 15.2 Å². The van der Waals surface area contributed by atoms with Crippen LogP contribution in [0.3, 0.4) is 0 Å². The zero-order valence-electron chi connectivity index (χ0n) is 10.3. The lowest BCUT2D eigenvalue weighted by molar-refractivity contribution is 0.0610. The monoisotopic (exact) mass is 254 g/mol. The number of hydrogen-bond donors (Lipinski definition) is 3. The lowest BCUT2D eigenvalue weighted by Crippen LogP contribution is -2.42. The van der Waals surface area contributed by atoms with Crippen molar-refractivity contribution in [1.29, 1.82) is 0 Å².